The molecule has 0 aliphatic carbocycles. The van der Waals surface area contributed by atoms with Crippen molar-refractivity contribution in [3.8, 4) is 5.75 Å². The molecule has 1 aliphatic rings. The highest BCUT2D eigenvalue weighted by atomic mass is 32.1. The van der Waals surface area contributed by atoms with Crippen molar-refractivity contribution in [3.05, 3.63) is 58.3 Å². The average Bonchev–Trinajstić information content (AvgIpc) is 3.16. The molecule has 1 aromatic carbocycles. The molecule has 1 atom stereocenters. The second-order valence-corrected chi connectivity index (χ2v) is 9.51. The maximum Gasteiger partial charge on any atom is 0.407 e. The molecule has 0 radical (unpaired) electrons. The van der Waals surface area contributed by atoms with Gasteiger partial charge in [-0.2, -0.15) is 0 Å². The van der Waals surface area contributed by atoms with Crippen LogP contribution in [0.3, 0.4) is 0 Å². The van der Waals surface area contributed by atoms with Crippen molar-refractivity contribution in [1.82, 2.24) is 10.2 Å². The molecular weight excluding hydrogens is 396 g/mol. The van der Waals surface area contributed by atoms with E-state index in [2.05, 4.69) is 33.8 Å². The maximum absolute atomic E-state index is 12.4. The second kappa shape index (κ2) is 10.1. The Bertz CT molecular complexity index is 855. The number of hydrogen-bond acceptors (Lipinski definition) is 5. The number of thiophene rings is 1. The Morgan fingerprint density at radius 2 is 2.00 bits per heavy atom. The van der Waals surface area contributed by atoms with E-state index in [1.165, 1.54) is 16.0 Å². The summed E-state index contributed by atoms with van der Waals surface area (Å²) in [5.74, 6) is 0.952. The van der Waals surface area contributed by atoms with Gasteiger partial charge in [-0.25, -0.2) is 4.79 Å². The predicted octanol–water partition coefficient (Wildman–Crippen LogP) is 4.98. The van der Waals surface area contributed by atoms with Crippen molar-refractivity contribution in [3.63, 3.8) is 0 Å². The van der Waals surface area contributed by atoms with Crippen molar-refractivity contribution in [2.75, 3.05) is 26.7 Å². The molecule has 3 rings (SSSR count). The number of methoxy groups -OCH3 is 1. The van der Waals surface area contributed by atoms with Gasteiger partial charge in [-0.15, -0.1) is 11.3 Å². The Labute approximate surface area is 183 Å². The molecule has 0 spiro atoms. The third-order valence-corrected chi connectivity index (χ3v) is 5.93. The largest absolute Gasteiger partial charge is 0.495 e. The Morgan fingerprint density at radius 1 is 1.23 bits per heavy atom. The first-order valence-corrected chi connectivity index (χ1v) is 11.3. The van der Waals surface area contributed by atoms with Gasteiger partial charge in [-0.05, 0) is 56.2 Å². The van der Waals surface area contributed by atoms with E-state index < -0.39 is 5.60 Å². The van der Waals surface area contributed by atoms with Gasteiger partial charge in [0.25, 0.3) is 0 Å². The lowest BCUT2D eigenvalue weighted by atomic mass is 10.0. The van der Waals surface area contributed by atoms with E-state index in [1.807, 2.05) is 45.0 Å². The minimum Gasteiger partial charge on any atom is -0.495 e. The van der Waals surface area contributed by atoms with Crippen LogP contribution in [0, 0.1) is 0 Å². The Balaban J connectivity index is 1.64. The summed E-state index contributed by atoms with van der Waals surface area (Å²) in [6.07, 6.45) is 3.66. The number of rotatable bonds is 7. The molecule has 0 saturated carbocycles. The minimum absolute atomic E-state index is 0.0199. The normalized spacial score (nSPS) is 15.9. The molecule has 1 aliphatic heterocycles. The number of nitrogens with zero attached hydrogens (tertiary/aromatic N) is 1. The lowest BCUT2D eigenvalue weighted by molar-refractivity contribution is 0.0492. The molecule has 2 aromatic rings. The third-order valence-electron chi connectivity index (χ3n) is 4.96. The van der Waals surface area contributed by atoms with Crippen LogP contribution < -0.4 is 10.1 Å². The van der Waals surface area contributed by atoms with Crippen molar-refractivity contribution >= 4 is 23.0 Å². The highest BCUT2D eigenvalue weighted by molar-refractivity contribution is 7.11. The molecule has 1 aromatic heterocycles. The van der Waals surface area contributed by atoms with E-state index in [-0.39, 0.29) is 12.1 Å². The molecular formula is C24H32N2O3S. The van der Waals surface area contributed by atoms with Crippen LogP contribution in [0.5, 0.6) is 5.75 Å². The molecule has 1 N–H and O–H groups in total. The van der Waals surface area contributed by atoms with E-state index in [9.17, 15) is 4.79 Å². The second-order valence-electron chi connectivity index (χ2n) is 8.59. The number of carbonyl (C=O) groups is 1. The summed E-state index contributed by atoms with van der Waals surface area (Å²) in [6.45, 7) is 8.24. The summed E-state index contributed by atoms with van der Waals surface area (Å²) < 4.78 is 11.0. The van der Waals surface area contributed by atoms with E-state index in [1.54, 1.807) is 18.4 Å². The molecule has 5 nitrogen and oxygen atoms in total. The first-order valence-electron chi connectivity index (χ1n) is 10.4. The molecule has 1 amide bonds. The monoisotopic (exact) mass is 428 g/mol. The highest BCUT2D eigenvalue weighted by Crippen LogP contribution is 2.34. The molecule has 0 fully saturated rings. The van der Waals surface area contributed by atoms with E-state index in [4.69, 9.17) is 9.47 Å². The van der Waals surface area contributed by atoms with Gasteiger partial charge in [0.05, 0.1) is 12.0 Å². The number of ether oxygens (including phenoxy) is 2. The van der Waals surface area contributed by atoms with Gasteiger partial charge in [-0.3, -0.25) is 4.90 Å². The zero-order valence-electron chi connectivity index (χ0n) is 18.3. The predicted molar refractivity (Wildman–Crippen MR) is 123 cm³/mol. The average molecular weight is 429 g/mol. The number of amides is 1. The maximum atomic E-state index is 12.4. The minimum atomic E-state index is -0.510. The van der Waals surface area contributed by atoms with E-state index in [0.717, 1.165) is 38.2 Å². The zero-order chi connectivity index (χ0) is 21.6. The summed E-state index contributed by atoms with van der Waals surface area (Å²) in [5.41, 5.74) is 2.04. The van der Waals surface area contributed by atoms with Gasteiger partial charge in [0.2, 0.25) is 0 Å². The molecule has 0 bridgehead atoms. The quantitative estimate of drug-likeness (QED) is 0.676. The SMILES string of the molecule is COc1ccsc1C1=CCN(CC(Cc2ccccc2)NC(=O)OC(C)(C)C)CC1. The van der Waals surface area contributed by atoms with Crippen LogP contribution in [0.15, 0.2) is 47.9 Å². The summed E-state index contributed by atoms with van der Waals surface area (Å²) >= 11 is 1.73. The first kappa shape index (κ1) is 22.4. The number of benzene rings is 1. The van der Waals surface area contributed by atoms with Crippen LogP contribution in [0.25, 0.3) is 5.57 Å². The fourth-order valence-electron chi connectivity index (χ4n) is 3.62. The van der Waals surface area contributed by atoms with Gasteiger partial charge in [0.15, 0.2) is 0 Å². The lowest BCUT2D eigenvalue weighted by Crippen LogP contribution is -2.47. The fraction of sp³-hybridized carbons (Fsp3) is 0.458. The molecule has 6 heteroatoms. The van der Waals surface area contributed by atoms with Crippen molar-refractivity contribution < 1.29 is 14.3 Å². The van der Waals surface area contributed by atoms with Crippen LogP contribution in [0.4, 0.5) is 4.79 Å². The van der Waals surface area contributed by atoms with Gasteiger partial charge >= 0.3 is 6.09 Å². The molecule has 1 unspecified atom stereocenters. The smallest absolute Gasteiger partial charge is 0.407 e. The number of nitrogens with one attached hydrogen (secondary N) is 1. The molecule has 2 heterocycles. The molecule has 162 valence electrons. The van der Waals surface area contributed by atoms with Gasteiger partial charge in [-0.1, -0.05) is 36.4 Å². The number of carbonyl (C=O) groups excluding carboxylic acids is 1. The van der Waals surface area contributed by atoms with E-state index in [0.29, 0.717) is 0 Å². The highest BCUT2D eigenvalue weighted by Gasteiger charge is 2.23. The van der Waals surface area contributed by atoms with Crippen molar-refractivity contribution in [1.29, 1.82) is 0 Å². The van der Waals surface area contributed by atoms with Crippen LogP contribution >= 0.6 is 11.3 Å². The lowest BCUT2D eigenvalue weighted by Gasteiger charge is -2.31. The van der Waals surface area contributed by atoms with Crippen LogP contribution in [0.2, 0.25) is 0 Å². The summed E-state index contributed by atoms with van der Waals surface area (Å²) in [6, 6.07) is 12.3. The number of hydrogen-bond donors (Lipinski definition) is 1. The number of alkyl carbamates (subject to hydrolysis) is 1. The van der Waals surface area contributed by atoms with Crippen LogP contribution in [-0.2, 0) is 11.2 Å². The van der Waals surface area contributed by atoms with Gasteiger partial charge in [0, 0.05) is 25.7 Å². The van der Waals surface area contributed by atoms with Crippen LogP contribution in [-0.4, -0.2) is 49.4 Å². The standard InChI is InChI=1S/C24H32N2O3S/c1-24(2,3)29-23(27)25-20(16-18-8-6-5-7-9-18)17-26-13-10-19(11-14-26)22-21(28-4)12-15-30-22/h5-10,12,15,20H,11,13-14,16-17H2,1-4H3,(H,25,27). The Kier molecular flexibility index (Phi) is 7.56. The zero-order valence-corrected chi connectivity index (χ0v) is 19.1. The topological polar surface area (TPSA) is 50.8 Å². The van der Waals surface area contributed by atoms with Crippen molar-refractivity contribution in [2.45, 2.75) is 45.3 Å². The van der Waals surface area contributed by atoms with Gasteiger partial charge in [0.1, 0.15) is 11.4 Å². The molecule has 30 heavy (non-hydrogen) atoms. The van der Waals surface area contributed by atoms with E-state index >= 15 is 0 Å². The fourth-order valence-corrected chi connectivity index (χ4v) is 4.55. The van der Waals surface area contributed by atoms with Crippen LogP contribution in [0.1, 0.15) is 37.6 Å². The summed E-state index contributed by atoms with van der Waals surface area (Å²) in [7, 11) is 1.72. The Hall–Kier alpha value is -2.31. The van der Waals surface area contributed by atoms with Crippen molar-refractivity contribution in [2.24, 2.45) is 0 Å². The Morgan fingerprint density at radius 3 is 2.63 bits per heavy atom. The third kappa shape index (κ3) is 6.61. The summed E-state index contributed by atoms with van der Waals surface area (Å²) in [4.78, 5) is 16.0. The summed E-state index contributed by atoms with van der Waals surface area (Å²) in [5, 5.41) is 5.16. The first-order chi connectivity index (χ1) is 14.3. The van der Waals surface area contributed by atoms with Gasteiger partial charge < -0.3 is 14.8 Å². The molecule has 0 saturated heterocycles.